The van der Waals surface area contributed by atoms with Gasteiger partial charge < -0.3 is 0 Å². The highest BCUT2D eigenvalue weighted by Gasteiger charge is 2.18. The van der Waals surface area contributed by atoms with E-state index in [1.165, 1.54) is 0 Å². The molecule has 0 saturated carbocycles. The average Bonchev–Trinajstić information content (AvgIpc) is 2.02. The van der Waals surface area contributed by atoms with Crippen LogP contribution in [-0.4, -0.2) is 8.42 Å². The van der Waals surface area contributed by atoms with Gasteiger partial charge in [0, 0.05) is 15.2 Å². The second-order valence-electron chi connectivity index (χ2n) is 2.31. The fourth-order valence-electron chi connectivity index (χ4n) is 0.802. The van der Waals surface area contributed by atoms with E-state index in [1.54, 1.807) is 6.07 Å². The second-order valence-corrected chi connectivity index (χ2v) is 5.70. The van der Waals surface area contributed by atoms with Crippen molar-refractivity contribution in [1.29, 1.82) is 5.26 Å². The second kappa shape index (κ2) is 3.85. The van der Waals surface area contributed by atoms with E-state index in [1.807, 2.05) is 0 Å². The lowest BCUT2D eigenvalue weighted by Crippen LogP contribution is -1.97. The molecule has 0 N–H and O–H groups in total. The Balaban J connectivity index is 3.58. The van der Waals surface area contributed by atoms with Gasteiger partial charge in [-0.2, -0.15) is 5.26 Å². The first-order chi connectivity index (χ1) is 6.36. The van der Waals surface area contributed by atoms with Gasteiger partial charge in [0.2, 0.25) is 0 Å². The summed E-state index contributed by atoms with van der Waals surface area (Å²) in [4.78, 5) is -0.695. The molecule has 0 bridgehead atoms. The zero-order valence-corrected chi connectivity index (χ0v) is 9.62. The van der Waals surface area contributed by atoms with Crippen LogP contribution in [-0.2, 0) is 9.05 Å². The Morgan fingerprint density at radius 1 is 1.50 bits per heavy atom. The molecule has 1 rings (SSSR count). The summed E-state index contributed by atoms with van der Waals surface area (Å²) in [5.74, 6) is -0.995. The first-order valence-corrected chi connectivity index (χ1v) is 6.30. The fourth-order valence-corrected chi connectivity index (χ4v) is 2.11. The molecule has 0 aliphatic heterocycles. The Bertz CT molecular complexity index is 523. The molecule has 1 aromatic rings. The van der Waals surface area contributed by atoms with Gasteiger partial charge in [0.15, 0.2) is 0 Å². The van der Waals surface area contributed by atoms with Gasteiger partial charge in [-0.15, -0.1) is 0 Å². The van der Waals surface area contributed by atoms with E-state index >= 15 is 0 Å². The normalized spacial score (nSPS) is 11.0. The van der Waals surface area contributed by atoms with Crippen LogP contribution in [0.4, 0.5) is 4.39 Å². The third-order valence-electron chi connectivity index (χ3n) is 1.40. The quantitative estimate of drug-likeness (QED) is 0.748. The first kappa shape index (κ1) is 11.4. The standard InChI is InChI=1S/C7H2BrClFNO2S/c8-5-2-6(10)7(14(9,12)13)1-4(5)3-11/h1-2H. The lowest BCUT2D eigenvalue weighted by atomic mass is 10.2. The summed E-state index contributed by atoms with van der Waals surface area (Å²) in [7, 11) is 0.795. The van der Waals surface area contributed by atoms with Crippen LogP contribution in [0.2, 0.25) is 0 Å². The van der Waals surface area contributed by atoms with Crippen molar-refractivity contribution in [3.8, 4) is 6.07 Å². The SMILES string of the molecule is N#Cc1cc(S(=O)(=O)Cl)c(F)cc1Br. The molecular weight excluding hydrogens is 297 g/mol. The number of benzene rings is 1. The maximum Gasteiger partial charge on any atom is 0.264 e. The molecule has 0 aromatic heterocycles. The largest absolute Gasteiger partial charge is 0.264 e. The van der Waals surface area contributed by atoms with Crippen LogP contribution in [0.3, 0.4) is 0 Å². The van der Waals surface area contributed by atoms with E-state index in [0.717, 1.165) is 12.1 Å². The molecule has 0 atom stereocenters. The van der Waals surface area contributed by atoms with Crippen LogP contribution in [0.15, 0.2) is 21.5 Å². The van der Waals surface area contributed by atoms with Crippen molar-refractivity contribution in [2.45, 2.75) is 4.90 Å². The maximum absolute atomic E-state index is 13.1. The predicted octanol–water partition coefficient (Wildman–Crippen LogP) is 2.39. The summed E-state index contributed by atoms with van der Waals surface area (Å²) < 4.78 is 34.9. The number of hydrogen-bond donors (Lipinski definition) is 0. The van der Waals surface area contributed by atoms with Crippen molar-refractivity contribution >= 4 is 35.7 Å². The number of rotatable bonds is 1. The van der Waals surface area contributed by atoms with Crippen LogP contribution in [0.1, 0.15) is 5.56 Å². The van der Waals surface area contributed by atoms with Crippen molar-refractivity contribution in [1.82, 2.24) is 0 Å². The zero-order chi connectivity index (χ0) is 10.9. The van der Waals surface area contributed by atoms with Gasteiger partial charge in [-0.1, -0.05) is 0 Å². The summed E-state index contributed by atoms with van der Waals surface area (Å²) >= 11 is 2.91. The van der Waals surface area contributed by atoms with E-state index < -0.39 is 19.8 Å². The molecular formula is C7H2BrClFNO2S. The third kappa shape index (κ3) is 2.23. The Kier molecular flexibility index (Phi) is 3.14. The fraction of sp³-hybridized carbons (Fsp3) is 0. The molecule has 14 heavy (non-hydrogen) atoms. The minimum Gasteiger partial charge on any atom is -0.207 e. The Morgan fingerprint density at radius 2 is 2.07 bits per heavy atom. The summed E-state index contributed by atoms with van der Waals surface area (Å²) in [5, 5.41) is 8.56. The number of halogens is 3. The summed E-state index contributed by atoms with van der Waals surface area (Å²) in [6.45, 7) is 0. The van der Waals surface area contributed by atoms with Crippen LogP contribution in [0.5, 0.6) is 0 Å². The van der Waals surface area contributed by atoms with Crippen molar-refractivity contribution in [2.75, 3.05) is 0 Å². The van der Waals surface area contributed by atoms with Gasteiger partial charge in [-0.05, 0) is 28.1 Å². The Labute approximate surface area is 92.7 Å². The van der Waals surface area contributed by atoms with E-state index in [-0.39, 0.29) is 10.0 Å². The van der Waals surface area contributed by atoms with E-state index in [9.17, 15) is 12.8 Å². The summed E-state index contributed by atoms with van der Waals surface area (Å²) in [5.41, 5.74) is 0.00521. The molecule has 7 heteroatoms. The predicted molar refractivity (Wildman–Crippen MR) is 51.9 cm³/mol. The summed E-state index contributed by atoms with van der Waals surface area (Å²) in [6.07, 6.45) is 0. The Morgan fingerprint density at radius 3 is 2.50 bits per heavy atom. The number of nitrogens with zero attached hydrogens (tertiary/aromatic N) is 1. The van der Waals surface area contributed by atoms with Gasteiger partial charge >= 0.3 is 0 Å². The van der Waals surface area contributed by atoms with E-state index in [4.69, 9.17) is 15.9 Å². The van der Waals surface area contributed by atoms with Gasteiger partial charge in [0.05, 0.1) is 5.56 Å². The molecule has 0 unspecified atom stereocenters. The molecule has 0 radical (unpaired) electrons. The van der Waals surface area contributed by atoms with Gasteiger partial charge in [0.25, 0.3) is 9.05 Å². The molecule has 0 amide bonds. The van der Waals surface area contributed by atoms with E-state index in [0.29, 0.717) is 0 Å². The molecule has 74 valence electrons. The molecule has 0 spiro atoms. The van der Waals surface area contributed by atoms with Crippen LogP contribution in [0.25, 0.3) is 0 Å². The lowest BCUT2D eigenvalue weighted by molar-refractivity contribution is 0.575. The molecule has 0 aliphatic rings. The molecule has 0 saturated heterocycles. The minimum absolute atomic E-state index is 0.00521. The van der Waals surface area contributed by atoms with Crippen LogP contribution < -0.4 is 0 Å². The van der Waals surface area contributed by atoms with Crippen molar-refractivity contribution in [3.63, 3.8) is 0 Å². The summed E-state index contributed by atoms with van der Waals surface area (Å²) in [6, 6.07) is 3.46. The van der Waals surface area contributed by atoms with E-state index in [2.05, 4.69) is 15.9 Å². The molecule has 0 heterocycles. The van der Waals surface area contributed by atoms with Crippen molar-refractivity contribution in [2.24, 2.45) is 0 Å². The Hall–Kier alpha value is -0.640. The lowest BCUT2D eigenvalue weighted by Gasteiger charge is -2.00. The molecule has 0 aliphatic carbocycles. The van der Waals surface area contributed by atoms with Crippen molar-refractivity contribution < 1.29 is 12.8 Å². The number of hydrogen-bond acceptors (Lipinski definition) is 3. The highest BCUT2D eigenvalue weighted by molar-refractivity contribution is 9.10. The maximum atomic E-state index is 13.1. The van der Waals surface area contributed by atoms with Crippen LogP contribution >= 0.6 is 26.6 Å². The number of nitriles is 1. The topological polar surface area (TPSA) is 57.9 Å². The highest BCUT2D eigenvalue weighted by Crippen LogP contribution is 2.25. The molecule has 0 fully saturated rings. The average molecular weight is 299 g/mol. The zero-order valence-electron chi connectivity index (χ0n) is 6.46. The monoisotopic (exact) mass is 297 g/mol. The van der Waals surface area contributed by atoms with Gasteiger partial charge in [-0.25, -0.2) is 12.8 Å². The minimum atomic E-state index is -4.16. The van der Waals surface area contributed by atoms with Gasteiger partial charge in [-0.3, -0.25) is 0 Å². The molecule has 3 nitrogen and oxygen atoms in total. The van der Waals surface area contributed by atoms with Crippen LogP contribution in [0, 0.1) is 17.1 Å². The van der Waals surface area contributed by atoms with Crippen molar-refractivity contribution in [3.05, 3.63) is 28.0 Å². The van der Waals surface area contributed by atoms with Gasteiger partial charge in [0.1, 0.15) is 16.8 Å². The highest BCUT2D eigenvalue weighted by atomic mass is 79.9. The first-order valence-electron chi connectivity index (χ1n) is 3.20. The third-order valence-corrected chi connectivity index (χ3v) is 3.40. The molecule has 1 aromatic carbocycles. The smallest absolute Gasteiger partial charge is 0.207 e.